The zero-order valence-corrected chi connectivity index (χ0v) is 35.1. The number of aryl methyl sites for hydroxylation is 8. The molecule has 4 atom stereocenters. The SMILES string of the molecule is Cc1cc(C(CCCC(c2cc(C)c(OCC3CO3)c(C)c2)c2cc(C)c(OCC3CO3)c(C)c2)c2cc(C)c(OCC3CO3)c(C)c2)cc(C)c1OCC1CO1. The molecule has 4 unspecified atom stereocenters. The minimum atomic E-state index is 0.190. The monoisotopic (exact) mass is 776 g/mol. The van der Waals surface area contributed by atoms with E-state index in [-0.39, 0.29) is 36.3 Å². The molecule has 0 radical (unpaired) electrons. The lowest BCUT2D eigenvalue weighted by molar-refractivity contribution is 0.260. The highest BCUT2D eigenvalue weighted by atomic mass is 16.6. The standard InChI is InChI=1S/C49H60O8/c1-28-12-36(13-29(2)46(28)54-24-40-20-50-40)44(37-14-30(3)47(31(4)15-37)55-25-41-21-51-41)10-9-11-45(38-16-32(5)48(33(6)17-38)56-26-42-22-52-42)39-18-34(7)49(35(8)19-39)57-27-43-23-53-43/h12-19,40-45H,9-11,20-27H2,1-8H3. The summed E-state index contributed by atoms with van der Waals surface area (Å²) in [5.41, 5.74) is 14.6. The summed E-state index contributed by atoms with van der Waals surface area (Å²) in [6.45, 7) is 22.9. The number of hydrogen-bond donors (Lipinski definition) is 0. The molecule has 4 aromatic carbocycles. The first kappa shape index (κ1) is 39.7. The third-order valence-electron chi connectivity index (χ3n) is 11.8. The Hall–Kier alpha value is -4.08. The fraction of sp³-hybridized carbons (Fsp3) is 0.510. The van der Waals surface area contributed by atoms with Gasteiger partial charge >= 0.3 is 0 Å². The van der Waals surface area contributed by atoms with Gasteiger partial charge in [-0.2, -0.15) is 0 Å². The Morgan fingerprint density at radius 1 is 0.386 bits per heavy atom. The Labute approximate surface area is 339 Å². The predicted molar refractivity (Wildman–Crippen MR) is 222 cm³/mol. The van der Waals surface area contributed by atoms with E-state index < -0.39 is 0 Å². The average Bonchev–Trinajstić information content (AvgIpc) is 3.96. The van der Waals surface area contributed by atoms with Gasteiger partial charge in [-0.05, 0) is 135 Å². The highest BCUT2D eigenvalue weighted by Gasteiger charge is 2.29. The quantitative estimate of drug-likeness (QED) is 0.0822. The molecule has 57 heavy (non-hydrogen) atoms. The van der Waals surface area contributed by atoms with Gasteiger partial charge in [0.25, 0.3) is 0 Å². The summed E-state index contributed by atoms with van der Waals surface area (Å²) in [5.74, 6) is 4.26. The van der Waals surface area contributed by atoms with Crippen LogP contribution in [0.4, 0.5) is 0 Å². The van der Waals surface area contributed by atoms with Crippen LogP contribution in [0.15, 0.2) is 48.5 Å². The van der Waals surface area contributed by atoms with Crippen LogP contribution in [0.2, 0.25) is 0 Å². The van der Waals surface area contributed by atoms with Gasteiger partial charge in [0, 0.05) is 11.8 Å². The van der Waals surface area contributed by atoms with E-state index in [0.29, 0.717) is 26.4 Å². The van der Waals surface area contributed by atoms with Crippen LogP contribution >= 0.6 is 0 Å². The van der Waals surface area contributed by atoms with Crippen LogP contribution in [0.25, 0.3) is 0 Å². The molecule has 0 aliphatic carbocycles. The first-order chi connectivity index (χ1) is 27.5. The van der Waals surface area contributed by atoms with E-state index in [4.69, 9.17) is 37.9 Å². The smallest absolute Gasteiger partial charge is 0.125 e. The van der Waals surface area contributed by atoms with E-state index >= 15 is 0 Å². The van der Waals surface area contributed by atoms with Gasteiger partial charge in [-0.3, -0.25) is 0 Å². The van der Waals surface area contributed by atoms with Crippen molar-refractivity contribution in [2.45, 2.75) is 111 Å². The molecule has 4 saturated heterocycles. The van der Waals surface area contributed by atoms with Crippen LogP contribution in [0.5, 0.6) is 23.0 Å². The van der Waals surface area contributed by atoms with Crippen molar-refractivity contribution in [1.29, 1.82) is 0 Å². The molecule has 4 aliphatic rings. The van der Waals surface area contributed by atoms with Gasteiger partial charge in [-0.1, -0.05) is 55.0 Å². The summed E-state index contributed by atoms with van der Waals surface area (Å²) in [4.78, 5) is 0. The Morgan fingerprint density at radius 3 is 0.754 bits per heavy atom. The Kier molecular flexibility index (Phi) is 11.9. The highest BCUT2D eigenvalue weighted by Crippen LogP contribution is 2.42. The third-order valence-corrected chi connectivity index (χ3v) is 11.8. The van der Waals surface area contributed by atoms with E-state index in [1.807, 2.05) is 0 Å². The minimum Gasteiger partial charge on any atom is -0.490 e. The Balaban J connectivity index is 1.10. The highest BCUT2D eigenvalue weighted by molar-refractivity contribution is 5.52. The van der Waals surface area contributed by atoms with Gasteiger partial charge in [0.1, 0.15) is 73.8 Å². The lowest BCUT2D eigenvalue weighted by Crippen LogP contribution is -2.11. The van der Waals surface area contributed by atoms with Crippen molar-refractivity contribution in [3.05, 3.63) is 115 Å². The lowest BCUT2D eigenvalue weighted by atomic mass is 9.80. The third kappa shape index (κ3) is 9.97. The maximum absolute atomic E-state index is 6.28. The van der Waals surface area contributed by atoms with E-state index in [1.165, 1.54) is 22.3 Å². The second-order valence-corrected chi connectivity index (χ2v) is 17.0. The van der Waals surface area contributed by atoms with Crippen LogP contribution in [0.3, 0.4) is 0 Å². The zero-order chi connectivity index (χ0) is 39.8. The Morgan fingerprint density at radius 2 is 0.579 bits per heavy atom. The number of ether oxygens (including phenoxy) is 8. The van der Waals surface area contributed by atoms with Crippen LogP contribution in [0.1, 0.15) is 97.9 Å². The summed E-state index contributed by atoms with van der Waals surface area (Å²) in [6, 6.07) is 18.7. The van der Waals surface area contributed by atoms with Gasteiger partial charge in [-0.15, -0.1) is 0 Å². The second kappa shape index (κ2) is 17.0. The van der Waals surface area contributed by atoms with E-state index in [1.54, 1.807) is 0 Å². The first-order valence-electron chi connectivity index (χ1n) is 20.9. The summed E-state index contributed by atoms with van der Waals surface area (Å²) < 4.78 is 46.9. The Bertz CT molecular complexity index is 1690. The largest absolute Gasteiger partial charge is 0.490 e. The molecule has 0 spiro atoms. The molecule has 4 heterocycles. The maximum Gasteiger partial charge on any atom is 0.125 e. The maximum atomic E-state index is 6.28. The van der Waals surface area contributed by atoms with E-state index in [0.717, 1.165) is 113 Å². The van der Waals surface area contributed by atoms with Crippen molar-refractivity contribution in [3.63, 3.8) is 0 Å². The van der Waals surface area contributed by atoms with Crippen LogP contribution < -0.4 is 18.9 Å². The van der Waals surface area contributed by atoms with Crippen molar-refractivity contribution in [2.24, 2.45) is 0 Å². The van der Waals surface area contributed by atoms with Gasteiger partial charge in [0.05, 0.1) is 26.4 Å². The molecule has 4 fully saturated rings. The normalized spacial score (nSPS) is 21.5. The zero-order valence-electron chi connectivity index (χ0n) is 35.1. The molecule has 8 rings (SSSR count). The summed E-state index contributed by atoms with van der Waals surface area (Å²) in [6.07, 6.45) is 3.84. The molecule has 8 nitrogen and oxygen atoms in total. The molecule has 8 heteroatoms. The van der Waals surface area contributed by atoms with Gasteiger partial charge in [-0.25, -0.2) is 0 Å². The summed E-state index contributed by atoms with van der Waals surface area (Å²) in [7, 11) is 0. The summed E-state index contributed by atoms with van der Waals surface area (Å²) >= 11 is 0. The van der Waals surface area contributed by atoms with Crippen molar-refractivity contribution in [3.8, 4) is 23.0 Å². The van der Waals surface area contributed by atoms with E-state index in [2.05, 4.69) is 104 Å². The van der Waals surface area contributed by atoms with Gasteiger partial charge in [0.15, 0.2) is 0 Å². The second-order valence-electron chi connectivity index (χ2n) is 17.0. The predicted octanol–water partition coefficient (Wildman–Crippen LogP) is 9.40. The van der Waals surface area contributed by atoms with Crippen molar-refractivity contribution in [2.75, 3.05) is 52.9 Å². The molecule has 0 N–H and O–H groups in total. The fourth-order valence-corrected chi connectivity index (χ4v) is 8.59. The molecule has 0 amide bonds. The molecule has 0 saturated carbocycles. The molecular formula is C49H60O8. The molecule has 0 bridgehead atoms. The van der Waals surface area contributed by atoms with Crippen LogP contribution in [-0.2, 0) is 18.9 Å². The molecule has 4 aromatic rings. The van der Waals surface area contributed by atoms with Crippen molar-refractivity contribution in [1.82, 2.24) is 0 Å². The van der Waals surface area contributed by atoms with Crippen LogP contribution in [-0.4, -0.2) is 77.3 Å². The minimum absolute atomic E-state index is 0.190. The molecule has 304 valence electrons. The van der Waals surface area contributed by atoms with Crippen molar-refractivity contribution >= 4 is 0 Å². The van der Waals surface area contributed by atoms with Gasteiger partial charge in [0.2, 0.25) is 0 Å². The number of rotatable bonds is 20. The topological polar surface area (TPSA) is 87.0 Å². The fourth-order valence-electron chi connectivity index (χ4n) is 8.59. The number of benzene rings is 4. The molecule has 4 aliphatic heterocycles. The lowest BCUT2D eigenvalue weighted by Gasteiger charge is -2.26. The number of epoxide rings is 4. The van der Waals surface area contributed by atoms with E-state index in [9.17, 15) is 0 Å². The number of hydrogen-bond acceptors (Lipinski definition) is 8. The van der Waals surface area contributed by atoms with Crippen LogP contribution in [0, 0.1) is 55.4 Å². The average molecular weight is 777 g/mol. The van der Waals surface area contributed by atoms with Gasteiger partial charge < -0.3 is 37.9 Å². The molecule has 0 aromatic heterocycles. The first-order valence-corrected chi connectivity index (χ1v) is 20.9. The van der Waals surface area contributed by atoms with Crippen molar-refractivity contribution < 1.29 is 37.9 Å². The summed E-state index contributed by atoms with van der Waals surface area (Å²) in [5, 5.41) is 0. The molecular weight excluding hydrogens is 717 g/mol.